The van der Waals surface area contributed by atoms with Gasteiger partial charge in [0, 0.05) is 36.1 Å². The average Bonchev–Trinajstić information content (AvgIpc) is 3.18. The van der Waals surface area contributed by atoms with Gasteiger partial charge in [-0.3, -0.25) is 5.01 Å². The molecule has 5 heteroatoms. The third-order valence-electron chi connectivity index (χ3n) is 4.34. The summed E-state index contributed by atoms with van der Waals surface area (Å²) < 4.78 is 4.27. The highest BCUT2D eigenvalue weighted by Gasteiger charge is 2.14. The maximum Gasteiger partial charge on any atom is 0.135 e. The van der Waals surface area contributed by atoms with Gasteiger partial charge < -0.3 is 4.57 Å². The molecule has 3 aromatic rings. The van der Waals surface area contributed by atoms with Gasteiger partial charge in [-0.1, -0.05) is 18.2 Å². The number of hydrogen-bond acceptors (Lipinski definition) is 3. The summed E-state index contributed by atoms with van der Waals surface area (Å²) in [4.78, 5) is 0. The number of aromatic nitrogens is 3. The van der Waals surface area contributed by atoms with Crippen LogP contribution in [0.4, 0.5) is 5.69 Å². The second-order valence-corrected chi connectivity index (χ2v) is 6.49. The highest BCUT2D eigenvalue weighted by Crippen LogP contribution is 2.22. The van der Waals surface area contributed by atoms with Gasteiger partial charge >= 0.3 is 0 Å². The number of para-hydroxylation sites is 1. The van der Waals surface area contributed by atoms with E-state index in [4.69, 9.17) is 0 Å². The van der Waals surface area contributed by atoms with Gasteiger partial charge in [0.1, 0.15) is 5.82 Å². The Kier molecular flexibility index (Phi) is 4.74. The Labute approximate surface area is 149 Å². The molecule has 0 aliphatic heterocycles. The highest BCUT2D eigenvalue weighted by molar-refractivity contribution is 5.82. The lowest BCUT2D eigenvalue weighted by Crippen LogP contribution is -2.12. The Morgan fingerprint density at radius 2 is 1.84 bits per heavy atom. The van der Waals surface area contributed by atoms with E-state index in [9.17, 15) is 0 Å². The van der Waals surface area contributed by atoms with Crippen LogP contribution in [0.2, 0.25) is 0 Å². The summed E-state index contributed by atoms with van der Waals surface area (Å²) in [6, 6.07) is 14.6. The minimum absolute atomic E-state index is 0.313. The van der Waals surface area contributed by atoms with Gasteiger partial charge in [0.25, 0.3) is 0 Å². The van der Waals surface area contributed by atoms with Crippen molar-refractivity contribution in [2.45, 2.75) is 33.7 Å². The van der Waals surface area contributed by atoms with Crippen LogP contribution in [-0.2, 0) is 0 Å². The zero-order valence-electron chi connectivity index (χ0n) is 15.5. The zero-order valence-corrected chi connectivity index (χ0v) is 15.5. The van der Waals surface area contributed by atoms with Crippen LogP contribution in [0.25, 0.3) is 5.82 Å². The van der Waals surface area contributed by atoms with Gasteiger partial charge in [-0.25, -0.2) is 4.68 Å². The number of nitrogens with zero attached hydrogens (tertiary/aromatic N) is 5. The highest BCUT2D eigenvalue weighted by atomic mass is 15.4. The molecular formula is C20H25N5. The number of hydrazone groups is 1. The van der Waals surface area contributed by atoms with E-state index in [1.54, 1.807) is 0 Å². The number of rotatable bonds is 5. The minimum atomic E-state index is 0.313. The van der Waals surface area contributed by atoms with Crippen molar-refractivity contribution in [2.75, 3.05) is 12.1 Å². The molecule has 2 aromatic heterocycles. The molecule has 2 heterocycles. The minimum Gasteiger partial charge on any atom is -0.303 e. The van der Waals surface area contributed by atoms with Crippen LogP contribution in [0.3, 0.4) is 0 Å². The number of aryl methyl sites for hydroxylation is 1. The van der Waals surface area contributed by atoms with Crippen LogP contribution in [0.1, 0.15) is 36.8 Å². The Balaban J connectivity index is 1.92. The third kappa shape index (κ3) is 3.36. The molecule has 0 saturated heterocycles. The van der Waals surface area contributed by atoms with E-state index in [2.05, 4.69) is 54.6 Å². The first-order valence-corrected chi connectivity index (χ1v) is 8.54. The lowest BCUT2D eigenvalue weighted by Gasteiger charge is -2.15. The fourth-order valence-corrected chi connectivity index (χ4v) is 3.01. The predicted molar refractivity (Wildman–Crippen MR) is 104 cm³/mol. The van der Waals surface area contributed by atoms with Crippen LogP contribution < -0.4 is 5.01 Å². The lowest BCUT2D eigenvalue weighted by molar-refractivity contribution is 0.519. The quantitative estimate of drug-likeness (QED) is 0.514. The van der Waals surface area contributed by atoms with Crippen molar-refractivity contribution in [3.63, 3.8) is 0 Å². The lowest BCUT2D eigenvalue weighted by atomic mass is 10.3. The Bertz CT molecular complexity index is 871. The van der Waals surface area contributed by atoms with E-state index in [1.165, 1.54) is 5.69 Å². The molecule has 130 valence electrons. The van der Waals surface area contributed by atoms with Crippen molar-refractivity contribution in [1.29, 1.82) is 0 Å². The number of hydrogen-bond donors (Lipinski definition) is 0. The van der Waals surface area contributed by atoms with Gasteiger partial charge in [0.15, 0.2) is 0 Å². The largest absolute Gasteiger partial charge is 0.303 e. The molecule has 5 nitrogen and oxygen atoms in total. The van der Waals surface area contributed by atoms with E-state index in [0.717, 1.165) is 22.8 Å². The van der Waals surface area contributed by atoms with Gasteiger partial charge in [0.2, 0.25) is 0 Å². The molecule has 0 unspecified atom stereocenters. The van der Waals surface area contributed by atoms with Crippen LogP contribution in [0.5, 0.6) is 0 Å². The Morgan fingerprint density at radius 3 is 2.52 bits per heavy atom. The van der Waals surface area contributed by atoms with Crippen molar-refractivity contribution in [3.8, 4) is 5.82 Å². The van der Waals surface area contributed by atoms with Crippen molar-refractivity contribution in [2.24, 2.45) is 5.10 Å². The summed E-state index contributed by atoms with van der Waals surface area (Å²) in [6.07, 6.45) is 3.77. The van der Waals surface area contributed by atoms with Crippen molar-refractivity contribution >= 4 is 11.9 Å². The topological polar surface area (TPSA) is 38.4 Å². The maximum absolute atomic E-state index is 4.59. The van der Waals surface area contributed by atoms with Gasteiger partial charge in [0.05, 0.1) is 18.1 Å². The summed E-state index contributed by atoms with van der Waals surface area (Å²) in [5.74, 6) is 1.08. The van der Waals surface area contributed by atoms with Crippen molar-refractivity contribution < 1.29 is 0 Å². The zero-order chi connectivity index (χ0) is 18.0. The number of anilines is 1. The monoisotopic (exact) mass is 335 g/mol. The smallest absolute Gasteiger partial charge is 0.135 e. The van der Waals surface area contributed by atoms with Crippen LogP contribution in [-0.4, -0.2) is 27.6 Å². The van der Waals surface area contributed by atoms with Gasteiger partial charge in [-0.2, -0.15) is 10.2 Å². The Hall–Kier alpha value is -2.82. The summed E-state index contributed by atoms with van der Waals surface area (Å²) in [5, 5.41) is 10.9. The van der Waals surface area contributed by atoms with E-state index in [-0.39, 0.29) is 0 Å². The first kappa shape index (κ1) is 17.0. The molecule has 0 amide bonds. The fourth-order valence-electron chi connectivity index (χ4n) is 3.01. The molecule has 0 fully saturated rings. The Morgan fingerprint density at radius 1 is 1.12 bits per heavy atom. The third-order valence-corrected chi connectivity index (χ3v) is 4.34. The summed E-state index contributed by atoms with van der Waals surface area (Å²) in [6.45, 7) is 8.52. The maximum atomic E-state index is 4.59. The van der Waals surface area contributed by atoms with Gasteiger partial charge in [-0.05, 0) is 45.9 Å². The van der Waals surface area contributed by atoms with E-state index < -0.39 is 0 Å². The summed E-state index contributed by atoms with van der Waals surface area (Å²) in [7, 11) is 1.96. The molecule has 0 aliphatic rings. The SMILES string of the molecule is Cc1cc(/C=N\N(C)c2ccccc2)c(C)n1-c1ccnn1C(C)C. The van der Waals surface area contributed by atoms with Crippen molar-refractivity contribution in [1.82, 2.24) is 14.3 Å². The first-order chi connectivity index (χ1) is 12.0. The molecule has 0 saturated carbocycles. The normalized spacial score (nSPS) is 11.6. The van der Waals surface area contributed by atoms with E-state index >= 15 is 0 Å². The molecule has 25 heavy (non-hydrogen) atoms. The number of benzene rings is 1. The molecule has 0 radical (unpaired) electrons. The van der Waals surface area contributed by atoms with Crippen molar-refractivity contribution in [3.05, 3.63) is 65.6 Å². The molecule has 0 bridgehead atoms. The fraction of sp³-hybridized carbons (Fsp3) is 0.300. The molecule has 0 atom stereocenters. The molecule has 0 spiro atoms. The second kappa shape index (κ2) is 6.97. The van der Waals surface area contributed by atoms with Crippen LogP contribution >= 0.6 is 0 Å². The molecule has 3 rings (SSSR count). The van der Waals surface area contributed by atoms with E-state index in [1.807, 2.05) is 59.5 Å². The molecule has 1 aromatic carbocycles. The summed E-state index contributed by atoms with van der Waals surface area (Å²) >= 11 is 0. The molecule has 0 N–H and O–H groups in total. The van der Waals surface area contributed by atoms with Gasteiger partial charge in [-0.15, -0.1) is 0 Å². The second-order valence-electron chi connectivity index (χ2n) is 6.49. The predicted octanol–water partition coefficient (Wildman–Crippen LogP) is 4.34. The van der Waals surface area contributed by atoms with Crippen LogP contribution in [0, 0.1) is 13.8 Å². The standard InChI is InChI=1S/C20H25N5/c1-15(2)25-20(11-12-21-25)24-16(3)13-18(17(24)4)14-22-23(5)19-9-7-6-8-10-19/h6-15H,1-5H3/b22-14-. The summed E-state index contributed by atoms with van der Waals surface area (Å²) in [5.41, 5.74) is 4.50. The van der Waals surface area contributed by atoms with Crippen LogP contribution in [0.15, 0.2) is 53.8 Å². The average molecular weight is 335 g/mol. The molecule has 0 aliphatic carbocycles. The first-order valence-electron chi connectivity index (χ1n) is 8.54. The molecular weight excluding hydrogens is 310 g/mol. The van der Waals surface area contributed by atoms with E-state index in [0.29, 0.717) is 6.04 Å².